The van der Waals surface area contributed by atoms with Gasteiger partial charge in [0.15, 0.2) is 11.3 Å². The maximum Gasteiger partial charge on any atom is 0.302 e. The zero-order valence-corrected chi connectivity index (χ0v) is 22.8. The number of amides is 2. The molecule has 3 heterocycles. The largest absolute Gasteiger partial charge is 0.465 e. The number of hydrogen-bond acceptors (Lipinski definition) is 12. The van der Waals surface area contributed by atoms with E-state index >= 15 is 0 Å². The van der Waals surface area contributed by atoms with Crippen LogP contribution in [0, 0.1) is 0 Å². The molecule has 0 saturated heterocycles. The van der Waals surface area contributed by atoms with E-state index in [1.165, 1.54) is 24.3 Å². The number of rotatable bonds is 13. The zero-order chi connectivity index (χ0) is 27.3. The van der Waals surface area contributed by atoms with Crippen LogP contribution in [0.5, 0.6) is 0 Å². The molecule has 0 radical (unpaired) electrons. The lowest BCUT2D eigenvalue weighted by Gasteiger charge is -2.30. The van der Waals surface area contributed by atoms with Gasteiger partial charge in [0.1, 0.15) is 34.3 Å². The number of imidazole rings is 1. The number of aromatic nitrogens is 4. The number of imide groups is 1. The van der Waals surface area contributed by atoms with Gasteiger partial charge in [0, 0.05) is 20.1 Å². The van der Waals surface area contributed by atoms with Crippen molar-refractivity contribution in [2.45, 2.75) is 30.9 Å². The first-order chi connectivity index (χ1) is 18.3. The minimum absolute atomic E-state index is 0.0241. The lowest BCUT2D eigenvalue weighted by atomic mass is 10.1. The monoisotopic (exact) mass is 563 g/mol. The minimum Gasteiger partial charge on any atom is -0.465 e. The van der Waals surface area contributed by atoms with Crippen LogP contribution >= 0.6 is 20.2 Å². The highest BCUT2D eigenvalue weighted by molar-refractivity contribution is 8.04. The van der Waals surface area contributed by atoms with E-state index in [-0.39, 0.29) is 54.5 Å². The van der Waals surface area contributed by atoms with Gasteiger partial charge >= 0.3 is 5.97 Å². The molecule has 0 N–H and O–H groups in total. The number of carbonyl (C=O) groups is 3. The molecular formula is C23H26N5O8PS. The molecule has 4 rings (SSSR count). The Kier molecular flexibility index (Phi) is 8.77. The molecule has 2 unspecified atom stereocenters. The van der Waals surface area contributed by atoms with Crippen LogP contribution < -0.4 is 9.74 Å². The lowest BCUT2D eigenvalue weighted by Crippen LogP contribution is -2.34. The van der Waals surface area contributed by atoms with Crippen molar-refractivity contribution in [2.75, 3.05) is 31.3 Å². The van der Waals surface area contributed by atoms with Crippen LogP contribution in [-0.2, 0) is 23.6 Å². The highest BCUT2D eigenvalue weighted by Gasteiger charge is 2.39. The molecule has 0 spiro atoms. The number of carbonyl (C=O) groups excluding carboxylic acids is 3. The number of ether oxygens (including phenoxy) is 3. The van der Waals surface area contributed by atoms with E-state index < -0.39 is 36.4 Å². The fraction of sp³-hybridized carbons (Fsp3) is 0.391. The quantitative estimate of drug-likeness (QED) is 0.130. The molecular weight excluding hydrogens is 537 g/mol. The Morgan fingerprint density at radius 2 is 1.71 bits per heavy atom. The minimum atomic E-state index is -1.52. The van der Waals surface area contributed by atoms with Crippen molar-refractivity contribution >= 4 is 55.0 Å². The maximum atomic E-state index is 13.0. The lowest BCUT2D eigenvalue weighted by molar-refractivity contribution is -0.141. The van der Waals surface area contributed by atoms with Gasteiger partial charge in [-0.3, -0.25) is 14.4 Å². The standard InChI is InChI=1S/C23H26N5O8PS/c1-4-34-23(37-32,35-5-2)38-15(10-33-14(3)29)11-36-27-13-26-18-19(27)24-12-25-20(18)28-21(30)16-8-6-7-9-17(16)22(28)31/h6-9,12-13,15H,4-5,10-11,37H2,1-3H3. The molecule has 1 aromatic carbocycles. The fourth-order valence-corrected chi connectivity index (χ4v) is 6.14. The van der Waals surface area contributed by atoms with Crippen LogP contribution in [0.25, 0.3) is 11.2 Å². The van der Waals surface area contributed by atoms with E-state index in [9.17, 15) is 18.9 Å². The predicted octanol–water partition coefficient (Wildman–Crippen LogP) is 2.16. The van der Waals surface area contributed by atoms with E-state index in [0.29, 0.717) is 0 Å². The van der Waals surface area contributed by atoms with Gasteiger partial charge in [-0.25, -0.2) is 19.9 Å². The third kappa shape index (κ3) is 5.58. The number of thioether (sulfide) groups is 1. The summed E-state index contributed by atoms with van der Waals surface area (Å²) >= 11 is 1.09. The average Bonchev–Trinajstić information content (AvgIpc) is 3.44. The van der Waals surface area contributed by atoms with Crippen LogP contribution in [0.1, 0.15) is 41.5 Å². The first-order valence-corrected chi connectivity index (χ1v) is 13.6. The summed E-state index contributed by atoms with van der Waals surface area (Å²) in [5.74, 6) is -1.49. The zero-order valence-electron chi connectivity index (χ0n) is 20.9. The van der Waals surface area contributed by atoms with Gasteiger partial charge < -0.3 is 23.6 Å². The Bertz CT molecular complexity index is 1330. The molecule has 2 amide bonds. The Morgan fingerprint density at radius 1 is 1.05 bits per heavy atom. The summed E-state index contributed by atoms with van der Waals surface area (Å²) in [5, 5.41) is -0.548. The van der Waals surface area contributed by atoms with E-state index in [4.69, 9.17) is 19.0 Å². The van der Waals surface area contributed by atoms with Crippen LogP contribution in [0.4, 0.5) is 5.82 Å². The second kappa shape index (κ2) is 12.0. The summed E-state index contributed by atoms with van der Waals surface area (Å²) in [5.41, 5.74) is 0.932. The van der Waals surface area contributed by atoms with Crippen molar-refractivity contribution in [3.63, 3.8) is 0 Å². The van der Waals surface area contributed by atoms with Crippen molar-refractivity contribution in [3.8, 4) is 0 Å². The number of benzene rings is 1. The first-order valence-electron chi connectivity index (χ1n) is 11.7. The van der Waals surface area contributed by atoms with Crippen LogP contribution in [0.15, 0.2) is 36.9 Å². The molecule has 1 aliphatic heterocycles. The molecule has 1 aliphatic rings. The van der Waals surface area contributed by atoms with Gasteiger partial charge in [-0.15, -0.1) is 0 Å². The van der Waals surface area contributed by atoms with Crippen LogP contribution in [0.3, 0.4) is 0 Å². The molecule has 0 fully saturated rings. The number of hydrogen-bond donors (Lipinski definition) is 0. The van der Waals surface area contributed by atoms with Gasteiger partial charge in [-0.2, -0.15) is 4.73 Å². The second-order valence-corrected chi connectivity index (χ2v) is 10.7. The van der Waals surface area contributed by atoms with E-state index in [1.807, 2.05) is 0 Å². The first kappa shape index (κ1) is 27.7. The molecule has 0 aliphatic carbocycles. The summed E-state index contributed by atoms with van der Waals surface area (Å²) in [4.78, 5) is 55.4. The second-order valence-electron chi connectivity index (χ2n) is 7.86. The van der Waals surface area contributed by atoms with Crippen molar-refractivity contribution in [1.29, 1.82) is 0 Å². The topological polar surface area (TPSA) is 152 Å². The molecule has 13 nitrogen and oxygen atoms in total. The van der Waals surface area contributed by atoms with Gasteiger partial charge in [-0.05, 0) is 26.0 Å². The third-order valence-corrected chi connectivity index (χ3v) is 7.82. The van der Waals surface area contributed by atoms with Crippen molar-refractivity contribution in [3.05, 3.63) is 48.0 Å². The van der Waals surface area contributed by atoms with Crippen LogP contribution in [-0.4, -0.2) is 74.0 Å². The molecule has 0 bridgehead atoms. The van der Waals surface area contributed by atoms with Crippen molar-refractivity contribution in [2.24, 2.45) is 0 Å². The normalized spacial score (nSPS) is 14.4. The van der Waals surface area contributed by atoms with Gasteiger partial charge in [0.2, 0.25) is 5.65 Å². The average molecular weight is 564 g/mol. The molecule has 2 atom stereocenters. The van der Waals surface area contributed by atoms with Crippen LogP contribution in [0.2, 0.25) is 0 Å². The van der Waals surface area contributed by atoms with Gasteiger partial charge in [-0.1, -0.05) is 23.9 Å². The fourth-order valence-electron chi connectivity index (χ4n) is 3.77. The molecule has 202 valence electrons. The van der Waals surface area contributed by atoms with E-state index in [1.54, 1.807) is 38.1 Å². The summed E-state index contributed by atoms with van der Waals surface area (Å²) in [7, 11) is -1.52. The number of anilines is 1. The Balaban J connectivity index is 1.58. The number of fused-ring (bicyclic) bond motifs is 2. The van der Waals surface area contributed by atoms with E-state index in [2.05, 4.69) is 15.0 Å². The van der Waals surface area contributed by atoms with Gasteiger partial charge in [0.05, 0.1) is 16.4 Å². The maximum absolute atomic E-state index is 13.0. The molecule has 0 saturated carbocycles. The SMILES string of the molecule is CCOC(OCC)([PH2]=O)SC(COC(C)=O)COn1cnc2c(N3C(=O)c4ccccc4C3=O)ncnc21. The Labute approximate surface area is 223 Å². The summed E-state index contributed by atoms with van der Waals surface area (Å²) in [6, 6.07) is 6.50. The highest BCUT2D eigenvalue weighted by Crippen LogP contribution is 2.41. The van der Waals surface area contributed by atoms with E-state index in [0.717, 1.165) is 16.7 Å². The summed E-state index contributed by atoms with van der Waals surface area (Å²) in [6.45, 7) is 5.19. The third-order valence-electron chi connectivity index (χ3n) is 5.33. The van der Waals surface area contributed by atoms with Crippen molar-refractivity contribution in [1.82, 2.24) is 19.7 Å². The van der Waals surface area contributed by atoms with Crippen molar-refractivity contribution < 1.29 is 38.0 Å². The summed E-state index contributed by atoms with van der Waals surface area (Å²) < 4.78 is 29.8. The predicted molar refractivity (Wildman–Crippen MR) is 139 cm³/mol. The smallest absolute Gasteiger partial charge is 0.302 e. The Hall–Kier alpha value is -3.32. The molecule has 2 aromatic heterocycles. The summed E-state index contributed by atoms with van der Waals surface area (Å²) in [6.07, 6.45) is 2.52. The highest BCUT2D eigenvalue weighted by atomic mass is 32.2. The molecule has 38 heavy (non-hydrogen) atoms. The number of nitrogens with zero attached hydrogens (tertiary/aromatic N) is 5. The molecule has 15 heteroatoms. The van der Waals surface area contributed by atoms with Gasteiger partial charge in [0.25, 0.3) is 16.7 Å². The number of esters is 1. The molecule has 3 aromatic rings. The Morgan fingerprint density at radius 3 is 2.29 bits per heavy atom.